The summed E-state index contributed by atoms with van der Waals surface area (Å²) in [5, 5.41) is 6.54. The highest BCUT2D eigenvalue weighted by Crippen LogP contribution is 2.30. The molecule has 3 rings (SSSR count). The fraction of sp³-hybridized carbons (Fsp3) is 1.00. The molecule has 11 heavy (non-hydrogen) atoms. The molecular formula is C7H16N4. The van der Waals surface area contributed by atoms with Crippen LogP contribution in [-0.2, 0) is 0 Å². The number of rotatable bonds is 1. The van der Waals surface area contributed by atoms with Crippen LogP contribution in [0.15, 0.2) is 0 Å². The third kappa shape index (κ3) is 1.06. The van der Waals surface area contributed by atoms with Crippen LogP contribution in [-0.4, -0.2) is 54.3 Å². The molecule has 0 amide bonds. The maximum absolute atomic E-state index is 5.71. The zero-order chi connectivity index (χ0) is 8.01. The Bertz CT molecular complexity index is 147. The molecule has 2 bridgehead atoms. The molecule has 3 saturated heterocycles. The molecule has 3 aliphatic heterocycles. The Morgan fingerprint density at radius 3 is 2.27 bits per heavy atom. The van der Waals surface area contributed by atoms with E-state index in [0.29, 0.717) is 12.1 Å². The SMILES string of the molecule is CN(C)N1C2CC1CN(N)C2. The van der Waals surface area contributed by atoms with Crippen LogP contribution in [0.5, 0.6) is 0 Å². The van der Waals surface area contributed by atoms with Crippen molar-refractivity contribution in [1.82, 2.24) is 15.0 Å². The first kappa shape index (κ1) is 7.49. The van der Waals surface area contributed by atoms with Crippen LogP contribution in [0, 0.1) is 0 Å². The first-order valence-electron chi connectivity index (χ1n) is 4.13. The number of hydrogen-bond acceptors (Lipinski definition) is 4. The van der Waals surface area contributed by atoms with Crippen molar-refractivity contribution in [3.05, 3.63) is 0 Å². The molecule has 4 nitrogen and oxygen atoms in total. The smallest absolute Gasteiger partial charge is 0.0406 e. The Hall–Kier alpha value is -0.160. The average Bonchev–Trinajstić information content (AvgIpc) is 1.84. The molecule has 0 aliphatic carbocycles. The van der Waals surface area contributed by atoms with Crippen molar-refractivity contribution in [2.24, 2.45) is 5.84 Å². The Balaban J connectivity index is 1.98. The van der Waals surface area contributed by atoms with E-state index >= 15 is 0 Å². The van der Waals surface area contributed by atoms with E-state index in [1.54, 1.807) is 0 Å². The summed E-state index contributed by atoms with van der Waals surface area (Å²) in [4.78, 5) is 0. The first-order chi connectivity index (χ1) is 5.18. The molecule has 64 valence electrons. The lowest BCUT2D eigenvalue weighted by atomic mass is 9.91. The fourth-order valence-electron chi connectivity index (χ4n) is 2.28. The number of hydrazine groups is 2. The van der Waals surface area contributed by atoms with Gasteiger partial charge in [-0.15, -0.1) is 0 Å². The Kier molecular flexibility index (Phi) is 1.64. The van der Waals surface area contributed by atoms with Gasteiger partial charge in [0, 0.05) is 39.3 Å². The van der Waals surface area contributed by atoms with E-state index in [9.17, 15) is 0 Å². The number of piperazine rings is 1. The second kappa shape index (κ2) is 2.42. The normalized spacial score (nSPS) is 39.3. The third-order valence-corrected chi connectivity index (χ3v) is 2.64. The molecule has 3 aliphatic rings. The van der Waals surface area contributed by atoms with Crippen LogP contribution in [0.2, 0.25) is 0 Å². The minimum absolute atomic E-state index is 0.675. The van der Waals surface area contributed by atoms with Crippen molar-refractivity contribution in [2.75, 3.05) is 27.2 Å². The predicted molar refractivity (Wildman–Crippen MR) is 43.5 cm³/mol. The Labute approximate surface area is 67.5 Å². The van der Waals surface area contributed by atoms with Crippen LogP contribution in [0.1, 0.15) is 6.42 Å². The topological polar surface area (TPSA) is 35.7 Å². The molecule has 4 heteroatoms. The van der Waals surface area contributed by atoms with E-state index in [-0.39, 0.29) is 0 Å². The van der Waals surface area contributed by atoms with Gasteiger partial charge in [-0.2, -0.15) is 0 Å². The van der Waals surface area contributed by atoms with Crippen molar-refractivity contribution in [3.63, 3.8) is 0 Å². The molecule has 3 fully saturated rings. The molecule has 0 spiro atoms. The summed E-state index contributed by atoms with van der Waals surface area (Å²) in [6.07, 6.45) is 1.33. The predicted octanol–water partition coefficient (Wildman–Crippen LogP) is -0.905. The molecule has 0 aromatic carbocycles. The zero-order valence-corrected chi connectivity index (χ0v) is 7.20. The number of nitrogens with zero attached hydrogens (tertiary/aromatic N) is 3. The molecular weight excluding hydrogens is 140 g/mol. The van der Waals surface area contributed by atoms with Crippen LogP contribution >= 0.6 is 0 Å². The van der Waals surface area contributed by atoms with Gasteiger partial charge in [0.05, 0.1) is 0 Å². The van der Waals surface area contributed by atoms with Gasteiger partial charge in [-0.1, -0.05) is 0 Å². The van der Waals surface area contributed by atoms with Gasteiger partial charge in [0.2, 0.25) is 0 Å². The Morgan fingerprint density at radius 2 is 1.82 bits per heavy atom. The van der Waals surface area contributed by atoms with Crippen LogP contribution in [0.25, 0.3) is 0 Å². The van der Waals surface area contributed by atoms with Crippen LogP contribution in [0.3, 0.4) is 0 Å². The third-order valence-electron chi connectivity index (χ3n) is 2.64. The van der Waals surface area contributed by atoms with Crippen molar-refractivity contribution in [1.29, 1.82) is 0 Å². The summed E-state index contributed by atoms with van der Waals surface area (Å²) >= 11 is 0. The van der Waals surface area contributed by atoms with Crippen molar-refractivity contribution < 1.29 is 0 Å². The zero-order valence-electron chi connectivity index (χ0n) is 7.20. The minimum Gasteiger partial charge on any atom is -0.269 e. The number of piperidine rings is 1. The molecule has 2 N–H and O–H groups in total. The summed E-state index contributed by atoms with van der Waals surface area (Å²) in [7, 11) is 4.21. The van der Waals surface area contributed by atoms with E-state index in [4.69, 9.17) is 5.84 Å². The standard InChI is InChI=1S/C7H16N4/c1-9(2)11-6-3-7(11)5-10(8)4-6/h6-7H,3-5,8H2,1-2H3. The highest BCUT2D eigenvalue weighted by Gasteiger charge is 2.44. The number of fused-ring (bicyclic) bond motifs is 2. The van der Waals surface area contributed by atoms with E-state index in [1.807, 2.05) is 5.01 Å². The van der Waals surface area contributed by atoms with E-state index in [1.165, 1.54) is 6.42 Å². The van der Waals surface area contributed by atoms with Gasteiger partial charge in [-0.05, 0) is 6.42 Å². The minimum atomic E-state index is 0.675. The number of hydrogen-bond donors (Lipinski definition) is 1. The van der Waals surface area contributed by atoms with E-state index in [2.05, 4.69) is 24.1 Å². The maximum Gasteiger partial charge on any atom is 0.0406 e. The molecule has 2 unspecified atom stereocenters. The van der Waals surface area contributed by atoms with E-state index in [0.717, 1.165) is 13.1 Å². The fourth-order valence-corrected chi connectivity index (χ4v) is 2.28. The lowest BCUT2D eigenvalue weighted by Crippen LogP contribution is -2.72. The molecule has 0 aromatic heterocycles. The van der Waals surface area contributed by atoms with Gasteiger partial charge in [-0.25, -0.2) is 15.0 Å². The highest BCUT2D eigenvalue weighted by molar-refractivity contribution is 4.97. The van der Waals surface area contributed by atoms with Gasteiger partial charge < -0.3 is 0 Å². The summed E-state index contributed by atoms with van der Waals surface area (Å²) in [6, 6.07) is 1.35. The maximum atomic E-state index is 5.71. The van der Waals surface area contributed by atoms with Crippen molar-refractivity contribution in [2.45, 2.75) is 18.5 Å². The van der Waals surface area contributed by atoms with Crippen molar-refractivity contribution in [3.8, 4) is 0 Å². The van der Waals surface area contributed by atoms with Gasteiger partial charge >= 0.3 is 0 Å². The van der Waals surface area contributed by atoms with Crippen LogP contribution < -0.4 is 5.84 Å². The van der Waals surface area contributed by atoms with Crippen LogP contribution in [0.4, 0.5) is 0 Å². The average molecular weight is 156 g/mol. The molecule has 0 radical (unpaired) electrons. The van der Waals surface area contributed by atoms with Gasteiger partial charge in [0.25, 0.3) is 0 Å². The summed E-state index contributed by atoms with van der Waals surface area (Å²) in [6.45, 7) is 2.04. The quantitative estimate of drug-likeness (QED) is 0.499. The Morgan fingerprint density at radius 1 is 1.27 bits per heavy atom. The summed E-state index contributed by atoms with van der Waals surface area (Å²) in [5.74, 6) is 5.71. The summed E-state index contributed by atoms with van der Waals surface area (Å²) < 4.78 is 0. The summed E-state index contributed by atoms with van der Waals surface area (Å²) in [5.41, 5.74) is 0. The van der Waals surface area contributed by atoms with Gasteiger partial charge in [-0.3, -0.25) is 5.84 Å². The first-order valence-corrected chi connectivity index (χ1v) is 4.13. The molecule has 0 aromatic rings. The van der Waals surface area contributed by atoms with Gasteiger partial charge in [0.1, 0.15) is 0 Å². The molecule has 3 heterocycles. The van der Waals surface area contributed by atoms with Gasteiger partial charge in [0.15, 0.2) is 0 Å². The lowest BCUT2D eigenvalue weighted by Gasteiger charge is -2.57. The monoisotopic (exact) mass is 156 g/mol. The number of nitrogens with two attached hydrogens (primary N) is 1. The largest absolute Gasteiger partial charge is 0.269 e. The molecule has 2 atom stereocenters. The lowest BCUT2D eigenvalue weighted by molar-refractivity contribution is -0.178. The van der Waals surface area contributed by atoms with E-state index < -0.39 is 0 Å². The van der Waals surface area contributed by atoms with Crippen molar-refractivity contribution >= 4 is 0 Å². The second-order valence-corrected chi connectivity index (χ2v) is 3.72. The highest BCUT2D eigenvalue weighted by atomic mass is 15.7. The second-order valence-electron chi connectivity index (χ2n) is 3.72. The molecule has 0 saturated carbocycles.